The molecule has 2 aliphatic rings. The van der Waals surface area contributed by atoms with Gasteiger partial charge in [0, 0.05) is 44.7 Å². The van der Waals surface area contributed by atoms with Crippen molar-refractivity contribution in [2.24, 2.45) is 0 Å². The first kappa shape index (κ1) is 20.8. The standard InChI is InChI=1S/C25H30N6O/c1-2-29-11-13-31(14-12-29)25-23-6-4-3-5-20(23)19-22(26-25)8-7-21-9-10-24(28-27-21)30-15-17-32-18-16-30/h3-10,19H,2,11-18H2,1H3/b8-7+. The summed E-state index contributed by atoms with van der Waals surface area (Å²) in [5, 5.41) is 11.2. The van der Waals surface area contributed by atoms with E-state index in [0.29, 0.717) is 0 Å². The number of ether oxygens (including phenoxy) is 1. The fraction of sp³-hybridized carbons (Fsp3) is 0.400. The maximum absolute atomic E-state index is 5.41. The largest absolute Gasteiger partial charge is 0.378 e. The maximum Gasteiger partial charge on any atom is 0.151 e. The average molecular weight is 431 g/mol. The fourth-order valence-corrected chi connectivity index (χ4v) is 4.36. The summed E-state index contributed by atoms with van der Waals surface area (Å²) in [6, 6.07) is 14.7. The van der Waals surface area contributed by atoms with Crippen molar-refractivity contribution < 1.29 is 4.74 Å². The minimum Gasteiger partial charge on any atom is -0.378 e. The summed E-state index contributed by atoms with van der Waals surface area (Å²) < 4.78 is 5.41. The molecule has 0 N–H and O–H groups in total. The van der Waals surface area contributed by atoms with Crippen LogP contribution in [0.1, 0.15) is 18.3 Å². The van der Waals surface area contributed by atoms with Gasteiger partial charge in [0.1, 0.15) is 5.82 Å². The molecule has 0 atom stereocenters. The zero-order chi connectivity index (χ0) is 21.8. The highest BCUT2D eigenvalue weighted by Crippen LogP contribution is 2.27. The van der Waals surface area contributed by atoms with Crippen molar-refractivity contribution >= 4 is 34.6 Å². The average Bonchev–Trinajstić information content (AvgIpc) is 2.88. The number of hydrogen-bond donors (Lipinski definition) is 0. The van der Waals surface area contributed by atoms with Gasteiger partial charge in [-0.25, -0.2) is 4.98 Å². The van der Waals surface area contributed by atoms with Crippen LogP contribution in [0.2, 0.25) is 0 Å². The topological polar surface area (TPSA) is 57.6 Å². The first-order chi connectivity index (χ1) is 15.8. The predicted octanol–water partition coefficient (Wildman–Crippen LogP) is 3.17. The van der Waals surface area contributed by atoms with Gasteiger partial charge in [0.15, 0.2) is 5.82 Å². The number of rotatable bonds is 5. The van der Waals surface area contributed by atoms with E-state index < -0.39 is 0 Å². The van der Waals surface area contributed by atoms with Crippen molar-refractivity contribution in [3.05, 3.63) is 53.9 Å². The third-order valence-corrected chi connectivity index (χ3v) is 6.29. The summed E-state index contributed by atoms with van der Waals surface area (Å²) in [4.78, 5) is 12.1. The first-order valence-electron chi connectivity index (χ1n) is 11.5. The van der Waals surface area contributed by atoms with Crippen LogP contribution in [-0.4, -0.2) is 79.1 Å². The van der Waals surface area contributed by atoms with E-state index in [-0.39, 0.29) is 0 Å². The highest BCUT2D eigenvalue weighted by Gasteiger charge is 2.19. The summed E-state index contributed by atoms with van der Waals surface area (Å²) in [5.41, 5.74) is 1.77. The molecule has 7 heteroatoms. The van der Waals surface area contributed by atoms with Gasteiger partial charge in [0.05, 0.1) is 24.6 Å². The molecule has 0 radical (unpaired) electrons. The van der Waals surface area contributed by atoms with Crippen LogP contribution in [0.5, 0.6) is 0 Å². The van der Waals surface area contributed by atoms with Crippen LogP contribution in [0.15, 0.2) is 42.5 Å². The smallest absolute Gasteiger partial charge is 0.151 e. The highest BCUT2D eigenvalue weighted by atomic mass is 16.5. The second kappa shape index (κ2) is 9.63. The van der Waals surface area contributed by atoms with Crippen LogP contribution in [0.25, 0.3) is 22.9 Å². The number of hydrogen-bond acceptors (Lipinski definition) is 7. The SMILES string of the molecule is CCN1CCN(c2nc(/C=C/c3ccc(N4CCOCC4)nn3)cc3ccccc23)CC1. The van der Waals surface area contributed by atoms with E-state index in [4.69, 9.17) is 9.72 Å². The lowest BCUT2D eigenvalue weighted by Gasteiger charge is -2.35. The Morgan fingerprint density at radius 3 is 2.38 bits per heavy atom. The molecule has 1 aromatic carbocycles. The van der Waals surface area contributed by atoms with E-state index in [0.717, 1.165) is 82.1 Å². The van der Waals surface area contributed by atoms with Gasteiger partial charge in [0.25, 0.3) is 0 Å². The molecular weight excluding hydrogens is 400 g/mol. The molecular formula is C25H30N6O. The lowest BCUT2D eigenvalue weighted by atomic mass is 10.1. The molecule has 32 heavy (non-hydrogen) atoms. The summed E-state index contributed by atoms with van der Waals surface area (Å²) in [6.45, 7) is 10.7. The quantitative estimate of drug-likeness (QED) is 0.616. The molecule has 3 aromatic rings. The summed E-state index contributed by atoms with van der Waals surface area (Å²) in [6.07, 6.45) is 4.03. The third-order valence-electron chi connectivity index (χ3n) is 6.29. The molecule has 166 valence electrons. The number of benzene rings is 1. The molecule has 0 amide bonds. The molecule has 0 unspecified atom stereocenters. The van der Waals surface area contributed by atoms with Crippen molar-refractivity contribution in [2.75, 3.05) is 68.8 Å². The number of piperazine rings is 1. The Labute approximate surface area is 189 Å². The van der Waals surface area contributed by atoms with Crippen molar-refractivity contribution in [3.63, 3.8) is 0 Å². The van der Waals surface area contributed by atoms with E-state index in [2.05, 4.69) is 62.2 Å². The van der Waals surface area contributed by atoms with Gasteiger partial charge in [-0.15, -0.1) is 10.2 Å². The van der Waals surface area contributed by atoms with Gasteiger partial charge in [-0.3, -0.25) is 0 Å². The molecule has 2 aliphatic heterocycles. The number of morpholine rings is 1. The minimum atomic E-state index is 0.743. The molecule has 2 saturated heterocycles. The van der Waals surface area contributed by atoms with Crippen LogP contribution in [0.4, 0.5) is 11.6 Å². The summed E-state index contributed by atoms with van der Waals surface area (Å²) in [7, 11) is 0. The normalized spacial score (nSPS) is 18.0. The van der Waals surface area contributed by atoms with Gasteiger partial charge in [0.2, 0.25) is 0 Å². The van der Waals surface area contributed by atoms with E-state index in [9.17, 15) is 0 Å². The number of nitrogens with zero attached hydrogens (tertiary/aromatic N) is 6. The van der Waals surface area contributed by atoms with Crippen LogP contribution in [0, 0.1) is 0 Å². The molecule has 0 spiro atoms. The van der Waals surface area contributed by atoms with Crippen LogP contribution < -0.4 is 9.80 Å². The van der Waals surface area contributed by atoms with Crippen molar-refractivity contribution in [1.82, 2.24) is 20.1 Å². The fourth-order valence-electron chi connectivity index (χ4n) is 4.36. The third kappa shape index (κ3) is 4.59. The van der Waals surface area contributed by atoms with Gasteiger partial charge >= 0.3 is 0 Å². The van der Waals surface area contributed by atoms with Gasteiger partial charge in [-0.1, -0.05) is 31.2 Å². The number of fused-ring (bicyclic) bond motifs is 1. The van der Waals surface area contributed by atoms with Crippen molar-refractivity contribution in [1.29, 1.82) is 0 Å². The van der Waals surface area contributed by atoms with Crippen LogP contribution in [0.3, 0.4) is 0 Å². The Balaban J connectivity index is 1.37. The zero-order valence-electron chi connectivity index (χ0n) is 18.7. The molecule has 2 fully saturated rings. The van der Waals surface area contributed by atoms with Crippen molar-refractivity contribution in [2.45, 2.75) is 6.92 Å². The number of likely N-dealkylation sites (N-methyl/N-ethyl adjacent to an activating group) is 1. The zero-order valence-corrected chi connectivity index (χ0v) is 18.7. The second-order valence-electron chi connectivity index (χ2n) is 8.26. The number of aromatic nitrogens is 3. The first-order valence-corrected chi connectivity index (χ1v) is 11.5. The molecule has 0 bridgehead atoms. The molecule has 0 saturated carbocycles. The molecule has 5 rings (SSSR count). The Morgan fingerprint density at radius 1 is 0.844 bits per heavy atom. The van der Waals surface area contributed by atoms with Crippen LogP contribution in [-0.2, 0) is 4.74 Å². The second-order valence-corrected chi connectivity index (χ2v) is 8.26. The maximum atomic E-state index is 5.41. The summed E-state index contributed by atoms with van der Waals surface area (Å²) in [5.74, 6) is 1.98. The molecule has 0 aliphatic carbocycles. The van der Waals surface area contributed by atoms with E-state index in [1.54, 1.807) is 0 Å². The highest BCUT2D eigenvalue weighted by molar-refractivity contribution is 5.94. The van der Waals surface area contributed by atoms with Gasteiger partial charge < -0.3 is 19.4 Å². The Bertz CT molecular complexity index is 1070. The van der Waals surface area contributed by atoms with E-state index in [1.165, 1.54) is 10.8 Å². The van der Waals surface area contributed by atoms with Gasteiger partial charge in [-0.05, 0) is 42.3 Å². The van der Waals surface area contributed by atoms with E-state index >= 15 is 0 Å². The lowest BCUT2D eigenvalue weighted by molar-refractivity contribution is 0.122. The predicted molar refractivity (Wildman–Crippen MR) is 130 cm³/mol. The Kier molecular flexibility index (Phi) is 6.27. The van der Waals surface area contributed by atoms with Gasteiger partial charge in [-0.2, -0.15) is 0 Å². The molecule has 4 heterocycles. The van der Waals surface area contributed by atoms with Crippen LogP contribution >= 0.6 is 0 Å². The Morgan fingerprint density at radius 2 is 1.62 bits per heavy atom. The number of anilines is 2. The van der Waals surface area contributed by atoms with Crippen molar-refractivity contribution in [3.8, 4) is 0 Å². The lowest BCUT2D eigenvalue weighted by Crippen LogP contribution is -2.46. The Hall–Kier alpha value is -3.03. The monoisotopic (exact) mass is 430 g/mol. The molecule has 7 nitrogen and oxygen atoms in total. The summed E-state index contributed by atoms with van der Waals surface area (Å²) >= 11 is 0. The minimum absolute atomic E-state index is 0.743. The molecule has 2 aromatic heterocycles. The van der Waals surface area contributed by atoms with E-state index in [1.807, 2.05) is 24.3 Å². The number of pyridine rings is 1.